The Bertz CT molecular complexity index is 1090. The number of aliphatic hydroxyl groups excluding tert-OH is 1. The molecular weight excluding hydrogens is 478 g/mol. The number of hydrogen-bond donors (Lipinski definition) is 4. The Morgan fingerprint density at radius 2 is 1.97 bits per heavy atom. The summed E-state index contributed by atoms with van der Waals surface area (Å²) >= 11 is 2.36. The fourth-order valence-electron chi connectivity index (χ4n) is 3.07. The van der Waals surface area contributed by atoms with Gasteiger partial charge in [-0.25, -0.2) is 9.59 Å². The van der Waals surface area contributed by atoms with Crippen LogP contribution in [0.1, 0.15) is 23.8 Å². The predicted octanol–water partition coefficient (Wildman–Crippen LogP) is 0.951. The van der Waals surface area contributed by atoms with Crippen LogP contribution in [0.4, 0.5) is 0 Å². The number of hydrogen-bond acceptors (Lipinski definition) is 11. The van der Waals surface area contributed by atoms with Crippen molar-refractivity contribution in [2.45, 2.75) is 29.8 Å². The predicted molar refractivity (Wildman–Crippen MR) is 115 cm³/mol. The SMILES string of the molecule is CCC(O)=C(N=O)C(=O)N[C@@H]1C(=O)N2C(C(=O)O)=C(CSc3ccc(C(=O)O)nn3)CS[C@@H]12. The molecule has 0 unspecified atom stereocenters. The molecule has 4 N–H and O–H groups in total. The number of aromatic nitrogens is 2. The summed E-state index contributed by atoms with van der Waals surface area (Å²) < 4.78 is 0. The number of carbonyl (C=O) groups excluding carboxylic acids is 2. The third-order valence-corrected chi connectivity index (χ3v) is 7.05. The lowest BCUT2D eigenvalue weighted by atomic mass is 10.0. The van der Waals surface area contributed by atoms with Gasteiger partial charge in [-0.05, 0) is 22.9 Å². The van der Waals surface area contributed by atoms with Crippen molar-refractivity contribution in [3.8, 4) is 0 Å². The topological polar surface area (TPSA) is 199 Å². The summed E-state index contributed by atoms with van der Waals surface area (Å²) in [4.78, 5) is 59.5. The van der Waals surface area contributed by atoms with Crippen LogP contribution in [0.3, 0.4) is 0 Å². The average Bonchev–Trinajstić information content (AvgIpc) is 2.80. The Morgan fingerprint density at radius 3 is 2.52 bits per heavy atom. The maximum Gasteiger partial charge on any atom is 0.356 e. The number of carboxylic acids is 2. The van der Waals surface area contributed by atoms with Crippen LogP contribution >= 0.6 is 23.5 Å². The summed E-state index contributed by atoms with van der Waals surface area (Å²) in [7, 11) is 0. The Morgan fingerprint density at radius 1 is 1.24 bits per heavy atom. The zero-order valence-corrected chi connectivity index (χ0v) is 18.6. The van der Waals surface area contributed by atoms with Gasteiger partial charge in [0.25, 0.3) is 11.8 Å². The first-order chi connectivity index (χ1) is 15.7. The van der Waals surface area contributed by atoms with Gasteiger partial charge in [0.2, 0.25) is 5.70 Å². The third kappa shape index (κ3) is 4.83. The zero-order chi connectivity index (χ0) is 24.3. The summed E-state index contributed by atoms with van der Waals surface area (Å²) in [6.07, 6.45) is -0.00620. The molecule has 15 heteroatoms. The van der Waals surface area contributed by atoms with Gasteiger partial charge in [0.15, 0.2) is 5.69 Å². The van der Waals surface area contributed by atoms with Crippen molar-refractivity contribution in [1.29, 1.82) is 0 Å². The maximum absolute atomic E-state index is 12.6. The van der Waals surface area contributed by atoms with Crippen molar-refractivity contribution >= 4 is 47.3 Å². The van der Waals surface area contributed by atoms with Gasteiger partial charge in [-0.3, -0.25) is 14.5 Å². The summed E-state index contributed by atoms with van der Waals surface area (Å²) in [5, 5.41) is 40.0. The molecule has 0 aliphatic carbocycles. The highest BCUT2D eigenvalue weighted by Gasteiger charge is 2.54. The molecule has 3 heterocycles. The molecule has 33 heavy (non-hydrogen) atoms. The van der Waals surface area contributed by atoms with E-state index < -0.39 is 46.6 Å². The van der Waals surface area contributed by atoms with Gasteiger partial charge in [-0.15, -0.1) is 38.6 Å². The van der Waals surface area contributed by atoms with E-state index in [9.17, 15) is 34.3 Å². The second-order valence-electron chi connectivity index (χ2n) is 6.71. The molecule has 1 fully saturated rings. The minimum atomic E-state index is -1.32. The smallest absolute Gasteiger partial charge is 0.356 e. The molecule has 0 spiro atoms. The van der Waals surface area contributed by atoms with E-state index >= 15 is 0 Å². The first-order valence-electron chi connectivity index (χ1n) is 9.35. The van der Waals surface area contributed by atoms with E-state index in [1.807, 2.05) is 0 Å². The van der Waals surface area contributed by atoms with Crippen LogP contribution < -0.4 is 5.32 Å². The Labute approximate surface area is 194 Å². The maximum atomic E-state index is 12.6. The summed E-state index contributed by atoms with van der Waals surface area (Å²) in [5.41, 5.74) is -0.729. The molecule has 2 aliphatic heterocycles. The number of rotatable bonds is 9. The quantitative estimate of drug-likeness (QED) is 0.124. The molecule has 3 rings (SSSR count). The van der Waals surface area contributed by atoms with Gasteiger partial charge in [0.1, 0.15) is 27.9 Å². The van der Waals surface area contributed by atoms with E-state index in [4.69, 9.17) is 5.11 Å². The molecule has 0 saturated carbocycles. The number of carbonyl (C=O) groups is 4. The van der Waals surface area contributed by atoms with E-state index in [-0.39, 0.29) is 29.3 Å². The largest absolute Gasteiger partial charge is 0.510 e. The van der Waals surface area contributed by atoms with Crippen LogP contribution in [-0.2, 0) is 14.4 Å². The van der Waals surface area contributed by atoms with Crippen LogP contribution in [0, 0.1) is 4.91 Å². The van der Waals surface area contributed by atoms with Crippen molar-refractivity contribution in [3.05, 3.63) is 45.5 Å². The van der Waals surface area contributed by atoms with E-state index in [0.717, 1.165) is 16.7 Å². The molecule has 2 amide bonds. The highest BCUT2D eigenvalue weighted by Crippen LogP contribution is 2.41. The van der Waals surface area contributed by atoms with Gasteiger partial charge < -0.3 is 20.6 Å². The molecule has 1 aromatic rings. The van der Waals surface area contributed by atoms with Gasteiger partial charge >= 0.3 is 11.9 Å². The number of β-lactam (4-membered cyclic amide) rings is 1. The molecule has 174 valence electrons. The Kier molecular flexibility index (Phi) is 7.33. The number of carboxylic acid groups (broad SMARTS) is 2. The molecule has 2 aliphatic rings. The number of nitrogens with one attached hydrogen (secondary N) is 1. The molecule has 0 bridgehead atoms. The highest BCUT2D eigenvalue weighted by molar-refractivity contribution is 8.01. The van der Waals surface area contributed by atoms with Crippen molar-refractivity contribution in [3.63, 3.8) is 0 Å². The summed E-state index contributed by atoms with van der Waals surface area (Å²) in [6, 6.07) is 1.64. The van der Waals surface area contributed by atoms with Gasteiger partial charge in [-0.2, -0.15) is 0 Å². The van der Waals surface area contributed by atoms with Crippen molar-refractivity contribution in [2.24, 2.45) is 5.18 Å². The van der Waals surface area contributed by atoms with E-state index in [0.29, 0.717) is 10.6 Å². The minimum absolute atomic E-state index is 0.00620. The molecular formula is C18H17N5O8S2. The third-order valence-electron chi connectivity index (χ3n) is 4.70. The number of nitroso groups, excluding NO2 is 1. The molecule has 1 saturated heterocycles. The summed E-state index contributed by atoms with van der Waals surface area (Å²) in [6.45, 7) is 1.51. The molecule has 1 aromatic heterocycles. The van der Waals surface area contributed by atoms with Gasteiger partial charge in [-0.1, -0.05) is 6.92 Å². The lowest BCUT2D eigenvalue weighted by Crippen LogP contribution is -2.70. The molecule has 0 aromatic carbocycles. The lowest BCUT2D eigenvalue weighted by Gasteiger charge is -2.49. The number of aliphatic hydroxyl groups is 1. The molecule has 0 radical (unpaired) electrons. The van der Waals surface area contributed by atoms with E-state index in [2.05, 4.69) is 20.7 Å². The minimum Gasteiger partial charge on any atom is -0.510 e. The van der Waals surface area contributed by atoms with Crippen LogP contribution in [0.25, 0.3) is 0 Å². The molecule has 13 nitrogen and oxygen atoms in total. The number of aromatic carboxylic acids is 1. The monoisotopic (exact) mass is 495 g/mol. The first-order valence-corrected chi connectivity index (χ1v) is 11.4. The zero-order valence-electron chi connectivity index (χ0n) is 16.9. The fourth-order valence-corrected chi connectivity index (χ4v) is 5.37. The van der Waals surface area contributed by atoms with Crippen LogP contribution in [0.2, 0.25) is 0 Å². The van der Waals surface area contributed by atoms with Crippen molar-refractivity contribution in [1.82, 2.24) is 20.4 Å². The number of thioether (sulfide) groups is 2. The standard InChI is InChI=1S/C18H17N5O8S2/c1-2-9(24)11(22-31)14(25)19-12-15(26)23-13(18(29)30)7(6-33-16(12)23)5-32-10-4-3-8(17(27)28)20-21-10/h3-4,12,16,24H,2,5-6H2,1H3,(H,19,25)(H,27,28)(H,29,30)/t12-,16+/m1/s1. The highest BCUT2D eigenvalue weighted by atomic mass is 32.2. The number of allylic oxidation sites excluding steroid dienone is 1. The van der Waals surface area contributed by atoms with Crippen LogP contribution in [0.15, 0.2) is 45.1 Å². The van der Waals surface area contributed by atoms with Crippen molar-refractivity contribution in [2.75, 3.05) is 11.5 Å². The average molecular weight is 495 g/mol. The number of nitrogens with zero attached hydrogens (tertiary/aromatic N) is 4. The summed E-state index contributed by atoms with van der Waals surface area (Å²) in [5.74, 6) is -4.35. The second-order valence-corrected chi connectivity index (χ2v) is 8.81. The van der Waals surface area contributed by atoms with Crippen LogP contribution in [-0.4, -0.2) is 77.1 Å². The second kappa shape index (κ2) is 9.99. The number of amides is 2. The van der Waals surface area contributed by atoms with E-state index in [1.54, 1.807) is 0 Å². The number of aliphatic carboxylic acids is 1. The normalized spacial score (nSPS) is 20.4. The lowest BCUT2D eigenvalue weighted by molar-refractivity contribution is -0.150. The first kappa shape index (κ1) is 24.2. The Hall–Kier alpha value is -3.46. The fraction of sp³-hybridized carbons (Fsp3) is 0.333. The van der Waals surface area contributed by atoms with Gasteiger partial charge in [0.05, 0.1) is 0 Å². The van der Waals surface area contributed by atoms with Crippen LogP contribution in [0.5, 0.6) is 0 Å². The molecule has 2 atom stereocenters. The van der Waals surface area contributed by atoms with Crippen molar-refractivity contribution < 1.29 is 34.5 Å². The number of fused-ring (bicyclic) bond motifs is 1. The Balaban J connectivity index is 1.74. The van der Waals surface area contributed by atoms with Gasteiger partial charge in [0, 0.05) is 17.9 Å². The van der Waals surface area contributed by atoms with E-state index in [1.165, 1.54) is 30.8 Å².